The quantitative estimate of drug-likeness (QED) is 0.470. The normalized spacial score (nSPS) is 15.9. The second-order valence-corrected chi connectivity index (χ2v) is 9.72. The van der Waals surface area contributed by atoms with Gasteiger partial charge in [0.15, 0.2) is 0 Å². The zero-order valence-electron chi connectivity index (χ0n) is 21.8. The Morgan fingerprint density at radius 1 is 1.03 bits per heavy atom. The second-order valence-electron chi connectivity index (χ2n) is 9.72. The van der Waals surface area contributed by atoms with Crippen LogP contribution >= 0.6 is 0 Å². The molecular formula is C28H37N3O6. The lowest BCUT2D eigenvalue weighted by molar-refractivity contribution is -0.144. The van der Waals surface area contributed by atoms with Gasteiger partial charge in [-0.15, -0.1) is 0 Å². The summed E-state index contributed by atoms with van der Waals surface area (Å²) in [4.78, 5) is 40.1. The molecule has 1 fully saturated rings. The van der Waals surface area contributed by atoms with Gasteiger partial charge in [-0.2, -0.15) is 0 Å². The van der Waals surface area contributed by atoms with Gasteiger partial charge in [0.2, 0.25) is 11.8 Å². The van der Waals surface area contributed by atoms with E-state index in [9.17, 15) is 14.4 Å². The lowest BCUT2D eigenvalue weighted by atomic mass is 9.84. The summed E-state index contributed by atoms with van der Waals surface area (Å²) < 4.78 is 16.7. The van der Waals surface area contributed by atoms with Crippen LogP contribution in [0.1, 0.15) is 44.7 Å². The molecule has 3 N–H and O–H groups in total. The first-order valence-electron chi connectivity index (χ1n) is 12.6. The highest BCUT2D eigenvalue weighted by Crippen LogP contribution is 2.37. The Hall–Kier alpha value is -3.43. The van der Waals surface area contributed by atoms with Crippen LogP contribution in [0.2, 0.25) is 0 Å². The van der Waals surface area contributed by atoms with Gasteiger partial charge in [0.25, 0.3) is 0 Å². The predicted molar refractivity (Wildman–Crippen MR) is 138 cm³/mol. The molecule has 9 nitrogen and oxygen atoms in total. The molecule has 0 radical (unpaired) electrons. The van der Waals surface area contributed by atoms with Crippen LogP contribution in [0.4, 0.5) is 4.79 Å². The molecule has 1 atom stereocenters. The third kappa shape index (κ3) is 7.77. The van der Waals surface area contributed by atoms with Crippen molar-refractivity contribution in [2.75, 3.05) is 26.3 Å². The molecule has 0 saturated carbocycles. The highest BCUT2D eigenvalue weighted by molar-refractivity contribution is 5.91. The number of amides is 2. The van der Waals surface area contributed by atoms with Crippen molar-refractivity contribution < 1.29 is 28.6 Å². The number of benzene rings is 2. The number of carbonyl (C=O) groups excluding carboxylic acids is 3. The van der Waals surface area contributed by atoms with Crippen molar-refractivity contribution in [3.63, 3.8) is 0 Å². The fourth-order valence-corrected chi connectivity index (χ4v) is 4.19. The lowest BCUT2D eigenvalue weighted by Crippen LogP contribution is -2.59. The topological polar surface area (TPSA) is 120 Å². The Morgan fingerprint density at radius 3 is 2.19 bits per heavy atom. The fraction of sp³-hybridized carbons (Fsp3) is 0.464. The van der Waals surface area contributed by atoms with Crippen LogP contribution in [0.15, 0.2) is 60.7 Å². The van der Waals surface area contributed by atoms with Gasteiger partial charge in [-0.05, 0) is 31.9 Å². The van der Waals surface area contributed by atoms with Crippen LogP contribution in [0.3, 0.4) is 0 Å². The zero-order valence-corrected chi connectivity index (χ0v) is 21.8. The zero-order chi connectivity index (χ0) is 26.9. The van der Waals surface area contributed by atoms with Crippen molar-refractivity contribution in [3.8, 4) is 0 Å². The van der Waals surface area contributed by atoms with Crippen molar-refractivity contribution in [3.05, 3.63) is 71.8 Å². The van der Waals surface area contributed by atoms with Crippen LogP contribution in [0.25, 0.3) is 0 Å². The van der Waals surface area contributed by atoms with E-state index in [1.807, 2.05) is 60.7 Å². The summed E-state index contributed by atoms with van der Waals surface area (Å²) in [5.74, 6) is -0.723. The van der Waals surface area contributed by atoms with Gasteiger partial charge in [-0.3, -0.25) is 9.59 Å². The van der Waals surface area contributed by atoms with Crippen molar-refractivity contribution in [2.24, 2.45) is 5.73 Å². The number of nitrogens with one attached hydrogen (secondary N) is 1. The van der Waals surface area contributed by atoms with Gasteiger partial charge in [0.05, 0.1) is 25.4 Å². The fourth-order valence-electron chi connectivity index (χ4n) is 4.19. The molecule has 0 unspecified atom stereocenters. The average Bonchev–Trinajstić information content (AvgIpc) is 2.89. The molecule has 1 aliphatic rings. The van der Waals surface area contributed by atoms with Gasteiger partial charge in [0, 0.05) is 25.9 Å². The highest BCUT2D eigenvalue weighted by Gasteiger charge is 2.42. The number of piperidine rings is 1. The first-order chi connectivity index (χ1) is 17.6. The maximum absolute atomic E-state index is 13.5. The molecule has 1 saturated heterocycles. The molecule has 1 aliphatic heterocycles. The van der Waals surface area contributed by atoms with E-state index in [1.165, 1.54) is 0 Å². The molecule has 200 valence electrons. The number of likely N-dealkylation sites (tertiary alicyclic amines) is 1. The van der Waals surface area contributed by atoms with E-state index in [-0.39, 0.29) is 19.1 Å². The maximum atomic E-state index is 13.5. The molecule has 0 spiro atoms. The molecule has 0 bridgehead atoms. The molecule has 0 aliphatic carbocycles. The van der Waals surface area contributed by atoms with Crippen molar-refractivity contribution in [1.82, 2.24) is 10.2 Å². The second kappa shape index (κ2) is 12.7. The largest absolute Gasteiger partial charge is 0.509 e. The molecule has 3 rings (SSSR count). The number of rotatable bonds is 10. The third-order valence-corrected chi connectivity index (χ3v) is 6.31. The van der Waals surface area contributed by atoms with E-state index < -0.39 is 29.2 Å². The molecule has 37 heavy (non-hydrogen) atoms. The number of carbonyl (C=O) groups is 3. The molecule has 0 aromatic heterocycles. The summed E-state index contributed by atoms with van der Waals surface area (Å²) in [6.07, 6.45) is 0.0288. The van der Waals surface area contributed by atoms with Crippen LogP contribution in [-0.2, 0) is 36.0 Å². The van der Waals surface area contributed by atoms with Crippen molar-refractivity contribution in [2.45, 2.75) is 57.4 Å². The van der Waals surface area contributed by atoms with Crippen LogP contribution in [0, 0.1) is 0 Å². The number of nitrogens with two attached hydrogens (primary N) is 1. The molecule has 2 amide bonds. The summed E-state index contributed by atoms with van der Waals surface area (Å²) in [6, 6.07) is 18.1. The Bertz CT molecular complexity index is 1030. The average molecular weight is 512 g/mol. The van der Waals surface area contributed by atoms with E-state index in [0.717, 1.165) is 11.1 Å². The minimum atomic E-state index is -1.16. The van der Waals surface area contributed by atoms with Gasteiger partial charge in [-0.25, -0.2) is 4.79 Å². The van der Waals surface area contributed by atoms with E-state index in [0.29, 0.717) is 32.5 Å². The summed E-state index contributed by atoms with van der Waals surface area (Å²) in [5.41, 5.74) is 5.69. The molecular weight excluding hydrogens is 474 g/mol. The molecule has 2 aromatic rings. The highest BCUT2D eigenvalue weighted by atomic mass is 16.7. The Morgan fingerprint density at radius 2 is 1.62 bits per heavy atom. The van der Waals surface area contributed by atoms with Crippen LogP contribution in [0.5, 0.6) is 0 Å². The van der Waals surface area contributed by atoms with E-state index >= 15 is 0 Å². The Balaban J connectivity index is 1.71. The minimum Gasteiger partial charge on any atom is -0.435 e. The number of hydrogen-bond acceptors (Lipinski definition) is 7. The maximum Gasteiger partial charge on any atom is 0.509 e. The van der Waals surface area contributed by atoms with Gasteiger partial charge in [-0.1, -0.05) is 60.7 Å². The van der Waals surface area contributed by atoms with Crippen molar-refractivity contribution >= 4 is 18.0 Å². The summed E-state index contributed by atoms with van der Waals surface area (Å²) in [5, 5.41) is 2.76. The van der Waals surface area contributed by atoms with E-state index in [1.54, 1.807) is 25.7 Å². The number of hydrogen-bond donors (Lipinski definition) is 2. The van der Waals surface area contributed by atoms with Crippen LogP contribution in [-0.4, -0.2) is 60.8 Å². The van der Waals surface area contributed by atoms with E-state index in [2.05, 4.69) is 5.32 Å². The first kappa shape index (κ1) is 28.1. The summed E-state index contributed by atoms with van der Waals surface area (Å²) in [6.45, 7) is 6.03. The SMILES string of the molecule is CCOC(=O)OC1(c2ccccc2)CCN(C(=O)[C@@H](COCc2ccccc2)NC(=O)C(C)(C)N)CC1. The third-order valence-electron chi connectivity index (χ3n) is 6.31. The minimum absolute atomic E-state index is 0.00476. The first-order valence-corrected chi connectivity index (χ1v) is 12.6. The lowest BCUT2D eigenvalue weighted by Gasteiger charge is -2.42. The standard InChI is InChI=1S/C28H37N3O6/c1-4-36-26(34)37-28(22-13-9-6-10-14-22)15-17-31(18-16-28)24(32)23(30-25(33)27(2,3)29)20-35-19-21-11-7-5-8-12-21/h5-14,23H,4,15-20,29H2,1-3H3,(H,30,33)/t23-/m1/s1. The molecule has 1 heterocycles. The monoisotopic (exact) mass is 511 g/mol. The predicted octanol–water partition coefficient (Wildman–Crippen LogP) is 3.12. The van der Waals surface area contributed by atoms with Crippen molar-refractivity contribution in [1.29, 1.82) is 0 Å². The smallest absolute Gasteiger partial charge is 0.435 e. The van der Waals surface area contributed by atoms with E-state index in [4.69, 9.17) is 19.9 Å². The summed E-state index contributed by atoms with van der Waals surface area (Å²) in [7, 11) is 0. The molecule has 2 aromatic carbocycles. The number of ether oxygens (including phenoxy) is 3. The summed E-state index contributed by atoms with van der Waals surface area (Å²) >= 11 is 0. The molecule has 9 heteroatoms. The van der Waals surface area contributed by atoms with Gasteiger partial charge >= 0.3 is 6.16 Å². The Labute approximate surface area is 218 Å². The van der Waals surface area contributed by atoms with Gasteiger partial charge in [0.1, 0.15) is 11.6 Å². The number of nitrogens with zero attached hydrogens (tertiary/aromatic N) is 1. The van der Waals surface area contributed by atoms with Crippen LogP contribution < -0.4 is 11.1 Å². The van der Waals surface area contributed by atoms with Gasteiger partial charge < -0.3 is 30.2 Å². The Kier molecular flexibility index (Phi) is 9.66.